The Morgan fingerprint density at radius 3 is 2.73 bits per heavy atom. The van der Waals surface area contributed by atoms with E-state index in [0.29, 0.717) is 12.0 Å². The summed E-state index contributed by atoms with van der Waals surface area (Å²) in [6.45, 7) is 11.9. The van der Waals surface area contributed by atoms with Gasteiger partial charge in [0, 0.05) is 44.5 Å². The highest BCUT2D eigenvalue weighted by Gasteiger charge is 2.24. The molecule has 1 aromatic carbocycles. The van der Waals surface area contributed by atoms with Gasteiger partial charge in [0.25, 0.3) is 0 Å². The molecular weight excluding hydrogens is 322 g/mol. The molecule has 0 bridgehead atoms. The van der Waals surface area contributed by atoms with E-state index in [4.69, 9.17) is 4.99 Å². The van der Waals surface area contributed by atoms with E-state index >= 15 is 0 Å². The Morgan fingerprint density at radius 1 is 1.12 bits per heavy atom. The molecule has 0 radical (unpaired) electrons. The van der Waals surface area contributed by atoms with Gasteiger partial charge in [-0.25, -0.2) is 0 Å². The van der Waals surface area contributed by atoms with E-state index in [-0.39, 0.29) is 0 Å². The molecule has 2 unspecified atom stereocenters. The fourth-order valence-corrected chi connectivity index (χ4v) is 4.17. The molecule has 2 atom stereocenters. The number of benzene rings is 1. The fraction of sp³-hybridized carbons (Fsp3) is 0.667. The van der Waals surface area contributed by atoms with E-state index in [1.165, 1.54) is 31.5 Å². The highest BCUT2D eigenvalue weighted by Crippen LogP contribution is 2.23. The molecule has 2 N–H and O–H groups in total. The van der Waals surface area contributed by atoms with Crippen LogP contribution in [-0.4, -0.2) is 62.7 Å². The van der Waals surface area contributed by atoms with Gasteiger partial charge in [0.2, 0.25) is 0 Å². The summed E-state index contributed by atoms with van der Waals surface area (Å²) in [6.07, 6.45) is 3.85. The number of rotatable bonds is 7. The van der Waals surface area contributed by atoms with Crippen LogP contribution >= 0.6 is 0 Å². The van der Waals surface area contributed by atoms with Crippen LogP contribution in [0.25, 0.3) is 0 Å². The number of nitrogens with zero attached hydrogens (tertiary/aromatic N) is 3. The summed E-state index contributed by atoms with van der Waals surface area (Å²) in [5, 5.41) is 6.99. The Balaban J connectivity index is 1.48. The third-order valence-electron chi connectivity index (χ3n) is 5.67. The molecule has 0 amide bonds. The van der Waals surface area contributed by atoms with Gasteiger partial charge in [-0.15, -0.1) is 0 Å². The van der Waals surface area contributed by atoms with Crippen molar-refractivity contribution in [2.24, 2.45) is 10.9 Å². The summed E-state index contributed by atoms with van der Waals surface area (Å²) < 4.78 is 0. The molecule has 0 aliphatic carbocycles. The van der Waals surface area contributed by atoms with Gasteiger partial charge in [-0.1, -0.05) is 25.1 Å². The zero-order valence-corrected chi connectivity index (χ0v) is 16.5. The van der Waals surface area contributed by atoms with Gasteiger partial charge in [-0.05, 0) is 57.3 Å². The van der Waals surface area contributed by atoms with Gasteiger partial charge < -0.3 is 15.5 Å². The first-order valence-electron chi connectivity index (χ1n) is 10.4. The highest BCUT2D eigenvalue weighted by molar-refractivity contribution is 5.79. The lowest BCUT2D eigenvalue weighted by molar-refractivity contribution is 0.267. The molecule has 5 heteroatoms. The molecule has 5 nitrogen and oxygen atoms in total. The number of nitrogens with one attached hydrogen (secondary N) is 2. The number of hydrogen-bond donors (Lipinski definition) is 2. The predicted molar refractivity (Wildman–Crippen MR) is 111 cm³/mol. The van der Waals surface area contributed by atoms with Crippen LogP contribution in [0.3, 0.4) is 0 Å². The highest BCUT2D eigenvalue weighted by atomic mass is 15.2. The number of guanidine groups is 1. The molecule has 1 aromatic rings. The number of anilines is 1. The second-order valence-electron chi connectivity index (χ2n) is 7.46. The maximum Gasteiger partial charge on any atom is 0.191 e. The number of para-hydroxylation sites is 1. The lowest BCUT2D eigenvalue weighted by Gasteiger charge is -2.24. The lowest BCUT2D eigenvalue weighted by atomic mass is 10.1. The van der Waals surface area contributed by atoms with Crippen LogP contribution in [0.1, 0.15) is 33.1 Å². The summed E-state index contributed by atoms with van der Waals surface area (Å²) in [7, 11) is 0. The first-order valence-corrected chi connectivity index (χ1v) is 10.4. The molecule has 2 fully saturated rings. The second-order valence-corrected chi connectivity index (χ2v) is 7.46. The number of aliphatic imine (C=N–C) groups is 1. The molecule has 2 saturated heterocycles. The standard InChI is InChI=1S/C21H35N5/c1-3-22-21(24-16-20-11-8-13-25(20)4-2)23-15-18-12-14-26(17-18)19-9-6-5-7-10-19/h5-7,9-10,18,20H,3-4,8,11-17H2,1-2H3,(H2,22,23,24). The van der Waals surface area contributed by atoms with Crippen LogP contribution in [0, 0.1) is 5.92 Å². The maximum absolute atomic E-state index is 4.88. The largest absolute Gasteiger partial charge is 0.371 e. The van der Waals surface area contributed by atoms with Crippen molar-refractivity contribution in [3.63, 3.8) is 0 Å². The number of likely N-dealkylation sites (tertiary alicyclic amines) is 1. The maximum atomic E-state index is 4.88. The summed E-state index contributed by atoms with van der Waals surface area (Å²) in [6, 6.07) is 11.4. The van der Waals surface area contributed by atoms with Gasteiger partial charge in [-0.3, -0.25) is 9.89 Å². The van der Waals surface area contributed by atoms with Gasteiger partial charge in [0.15, 0.2) is 5.96 Å². The van der Waals surface area contributed by atoms with Gasteiger partial charge in [0.05, 0.1) is 0 Å². The minimum Gasteiger partial charge on any atom is -0.371 e. The second kappa shape index (κ2) is 9.81. The topological polar surface area (TPSA) is 42.9 Å². The van der Waals surface area contributed by atoms with Crippen LogP contribution in [-0.2, 0) is 0 Å². The van der Waals surface area contributed by atoms with Crippen LogP contribution in [0.4, 0.5) is 5.69 Å². The van der Waals surface area contributed by atoms with Gasteiger partial charge in [-0.2, -0.15) is 0 Å². The van der Waals surface area contributed by atoms with Crippen molar-refractivity contribution in [3.8, 4) is 0 Å². The third kappa shape index (κ3) is 5.13. The van der Waals surface area contributed by atoms with Crippen molar-refractivity contribution in [2.45, 2.75) is 39.2 Å². The average molecular weight is 358 g/mol. The minimum atomic E-state index is 0.643. The Kier molecular flexibility index (Phi) is 7.18. The molecule has 3 rings (SSSR count). The third-order valence-corrected chi connectivity index (χ3v) is 5.67. The first kappa shape index (κ1) is 19.0. The smallest absolute Gasteiger partial charge is 0.191 e. The van der Waals surface area contributed by atoms with E-state index in [2.05, 4.69) is 64.6 Å². The van der Waals surface area contributed by atoms with Crippen molar-refractivity contribution in [2.75, 3.05) is 50.7 Å². The molecule has 2 heterocycles. The van der Waals surface area contributed by atoms with Crippen LogP contribution in [0.15, 0.2) is 35.3 Å². The van der Waals surface area contributed by atoms with Crippen molar-refractivity contribution in [3.05, 3.63) is 30.3 Å². The first-order chi connectivity index (χ1) is 12.8. The normalized spacial score (nSPS) is 24.2. The van der Waals surface area contributed by atoms with Crippen LogP contribution < -0.4 is 15.5 Å². The van der Waals surface area contributed by atoms with Crippen LogP contribution in [0.2, 0.25) is 0 Å². The fourth-order valence-electron chi connectivity index (χ4n) is 4.17. The monoisotopic (exact) mass is 357 g/mol. The molecule has 0 saturated carbocycles. The van der Waals surface area contributed by atoms with Crippen LogP contribution in [0.5, 0.6) is 0 Å². The van der Waals surface area contributed by atoms with Gasteiger partial charge >= 0.3 is 0 Å². The van der Waals surface area contributed by atoms with E-state index in [1.54, 1.807) is 0 Å². The Labute approximate surface area is 158 Å². The molecular formula is C21H35N5. The van der Waals surface area contributed by atoms with E-state index in [1.807, 2.05) is 0 Å². The summed E-state index contributed by atoms with van der Waals surface area (Å²) in [5.41, 5.74) is 1.34. The Hall–Kier alpha value is -1.75. The summed E-state index contributed by atoms with van der Waals surface area (Å²) >= 11 is 0. The molecule has 144 valence electrons. The van der Waals surface area contributed by atoms with Crippen molar-refractivity contribution in [1.29, 1.82) is 0 Å². The van der Waals surface area contributed by atoms with Crippen molar-refractivity contribution in [1.82, 2.24) is 15.5 Å². The lowest BCUT2D eigenvalue weighted by Crippen LogP contribution is -2.45. The van der Waals surface area contributed by atoms with E-state index < -0.39 is 0 Å². The zero-order valence-electron chi connectivity index (χ0n) is 16.5. The summed E-state index contributed by atoms with van der Waals surface area (Å²) in [5.74, 6) is 1.62. The molecule has 0 spiro atoms. The van der Waals surface area contributed by atoms with Crippen molar-refractivity contribution >= 4 is 11.6 Å². The molecule has 0 aromatic heterocycles. The Morgan fingerprint density at radius 2 is 1.96 bits per heavy atom. The minimum absolute atomic E-state index is 0.643. The van der Waals surface area contributed by atoms with E-state index in [9.17, 15) is 0 Å². The predicted octanol–water partition coefficient (Wildman–Crippen LogP) is 2.55. The zero-order chi connectivity index (χ0) is 18.2. The number of likely N-dealkylation sites (N-methyl/N-ethyl adjacent to an activating group) is 1. The molecule has 2 aliphatic rings. The van der Waals surface area contributed by atoms with Gasteiger partial charge in [0.1, 0.15) is 0 Å². The Bertz CT molecular complexity index is 559. The summed E-state index contributed by atoms with van der Waals surface area (Å²) in [4.78, 5) is 9.94. The van der Waals surface area contributed by atoms with E-state index in [0.717, 1.165) is 45.2 Å². The molecule has 26 heavy (non-hydrogen) atoms. The molecule has 2 aliphatic heterocycles. The number of hydrogen-bond acceptors (Lipinski definition) is 3. The quantitative estimate of drug-likeness (QED) is 0.581. The average Bonchev–Trinajstić information content (AvgIpc) is 3.34. The van der Waals surface area contributed by atoms with Crippen molar-refractivity contribution < 1.29 is 0 Å². The SMILES string of the molecule is CCNC(=NCC1CCN(c2ccccc2)C1)NCC1CCCN1CC.